The summed E-state index contributed by atoms with van der Waals surface area (Å²) in [6.07, 6.45) is 0.992. The maximum Gasteiger partial charge on any atom is 0.262 e. The van der Waals surface area contributed by atoms with Gasteiger partial charge in [-0.2, -0.15) is 5.10 Å². The molecule has 0 atom stereocenters. The first-order valence-corrected chi connectivity index (χ1v) is 8.06. The van der Waals surface area contributed by atoms with Crippen LogP contribution in [0.2, 0.25) is 0 Å². The van der Waals surface area contributed by atoms with Crippen molar-refractivity contribution in [2.24, 2.45) is 5.73 Å². The highest BCUT2D eigenvalue weighted by atomic mass is 16.1. The second-order valence-electron chi connectivity index (χ2n) is 5.79. The Morgan fingerprint density at radius 3 is 2.96 bits per heavy atom. The molecule has 0 aliphatic heterocycles. The Hall–Kier alpha value is -2.67. The fourth-order valence-electron chi connectivity index (χ4n) is 2.95. The smallest absolute Gasteiger partial charge is 0.262 e. The molecule has 3 rings (SSSR count). The van der Waals surface area contributed by atoms with Gasteiger partial charge in [-0.25, -0.2) is 0 Å². The van der Waals surface area contributed by atoms with Crippen LogP contribution in [-0.2, 0) is 11.3 Å². The van der Waals surface area contributed by atoms with Crippen molar-refractivity contribution in [2.75, 3.05) is 13.1 Å². The van der Waals surface area contributed by atoms with Crippen molar-refractivity contribution in [3.05, 3.63) is 40.3 Å². The minimum absolute atomic E-state index is 0.0526. The van der Waals surface area contributed by atoms with E-state index in [1.807, 2.05) is 31.2 Å². The highest BCUT2D eigenvalue weighted by molar-refractivity contribution is 6.03. The van der Waals surface area contributed by atoms with Crippen molar-refractivity contribution in [3.8, 4) is 0 Å². The van der Waals surface area contributed by atoms with Crippen LogP contribution >= 0.6 is 0 Å². The number of nitrogens with one attached hydrogen (secondary N) is 2. The summed E-state index contributed by atoms with van der Waals surface area (Å²) in [4.78, 5) is 24.3. The van der Waals surface area contributed by atoms with Gasteiger partial charge in [-0.3, -0.25) is 14.7 Å². The zero-order valence-corrected chi connectivity index (χ0v) is 13.6. The molecule has 0 saturated heterocycles. The molecule has 7 heteroatoms. The number of para-hydroxylation sites is 1. The van der Waals surface area contributed by atoms with E-state index in [1.54, 1.807) is 4.57 Å². The van der Waals surface area contributed by atoms with Crippen LogP contribution < -0.4 is 16.6 Å². The zero-order valence-electron chi connectivity index (χ0n) is 13.6. The predicted molar refractivity (Wildman–Crippen MR) is 93.9 cm³/mol. The lowest BCUT2D eigenvalue weighted by atomic mass is 10.1. The van der Waals surface area contributed by atoms with Gasteiger partial charge in [0.25, 0.3) is 5.56 Å². The van der Waals surface area contributed by atoms with Crippen LogP contribution in [0, 0.1) is 6.92 Å². The quantitative estimate of drug-likeness (QED) is 0.588. The molecule has 0 aliphatic rings. The molecule has 2 heterocycles. The van der Waals surface area contributed by atoms with E-state index in [4.69, 9.17) is 5.73 Å². The third kappa shape index (κ3) is 2.90. The molecule has 0 bridgehead atoms. The summed E-state index contributed by atoms with van der Waals surface area (Å²) in [5, 5.41) is 11.6. The van der Waals surface area contributed by atoms with E-state index >= 15 is 0 Å². The summed E-state index contributed by atoms with van der Waals surface area (Å²) < 4.78 is 1.76. The number of rotatable bonds is 6. The van der Waals surface area contributed by atoms with E-state index in [-0.39, 0.29) is 11.5 Å². The van der Waals surface area contributed by atoms with Gasteiger partial charge in [0.05, 0.1) is 10.9 Å². The highest BCUT2D eigenvalue weighted by Gasteiger charge is 2.14. The van der Waals surface area contributed by atoms with Gasteiger partial charge in [-0.05, 0) is 19.4 Å². The molecule has 0 spiro atoms. The second kappa shape index (κ2) is 6.84. The number of nitrogens with zero attached hydrogens (tertiary/aromatic N) is 2. The maximum atomic E-state index is 12.9. The molecule has 4 N–H and O–H groups in total. The van der Waals surface area contributed by atoms with Gasteiger partial charge in [-0.15, -0.1) is 0 Å². The SMILES string of the molecule is Cc1[nH]nc2c1c(=O)n(CCCNC(=O)CCN)c1ccccc21. The molecule has 24 heavy (non-hydrogen) atoms. The molecule has 2 aromatic heterocycles. The number of amides is 1. The predicted octanol–water partition coefficient (Wildman–Crippen LogP) is 1.04. The number of hydrogen-bond acceptors (Lipinski definition) is 4. The van der Waals surface area contributed by atoms with Gasteiger partial charge in [0.1, 0.15) is 5.52 Å². The van der Waals surface area contributed by atoms with E-state index in [2.05, 4.69) is 15.5 Å². The number of aryl methyl sites for hydroxylation is 2. The van der Waals surface area contributed by atoms with Crippen LogP contribution in [0.15, 0.2) is 29.1 Å². The fraction of sp³-hybridized carbons (Fsp3) is 0.353. The first-order valence-electron chi connectivity index (χ1n) is 8.06. The fourth-order valence-corrected chi connectivity index (χ4v) is 2.95. The molecular formula is C17H21N5O2. The normalized spacial score (nSPS) is 11.2. The molecule has 3 aromatic rings. The minimum atomic E-state index is -0.0594. The zero-order chi connectivity index (χ0) is 17.1. The van der Waals surface area contributed by atoms with Crippen molar-refractivity contribution in [1.82, 2.24) is 20.1 Å². The molecule has 0 saturated carbocycles. The molecule has 0 radical (unpaired) electrons. The van der Waals surface area contributed by atoms with Gasteiger partial charge in [0.15, 0.2) is 0 Å². The summed E-state index contributed by atoms with van der Waals surface area (Å²) in [6, 6.07) is 7.74. The Labute approximate surface area is 138 Å². The first kappa shape index (κ1) is 16.2. The van der Waals surface area contributed by atoms with Gasteiger partial charge < -0.3 is 15.6 Å². The van der Waals surface area contributed by atoms with Gasteiger partial charge in [0, 0.05) is 37.1 Å². The van der Waals surface area contributed by atoms with Crippen LogP contribution in [-0.4, -0.2) is 33.8 Å². The molecule has 7 nitrogen and oxygen atoms in total. The Kier molecular flexibility index (Phi) is 4.61. The summed E-state index contributed by atoms with van der Waals surface area (Å²) in [6.45, 7) is 3.24. The standard InChI is InChI=1S/C17H21N5O2/c1-11-15-16(21-20-11)12-5-2-3-6-13(12)22(17(15)24)10-4-9-19-14(23)7-8-18/h2-3,5-6H,4,7-10,18H2,1H3,(H,19,23)(H,20,21). The van der Waals surface area contributed by atoms with E-state index in [9.17, 15) is 9.59 Å². The lowest BCUT2D eigenvalue weighted by Crippen LogP contribution is -2.28. The lowest BCUT2D eigenvalue weighted by molar-refractivity contribution is -0.120. The summed E-state index contributed by atoms with van der Waals surface area (Å²) in [7, 11) is 0. The number of hydrogen-bond donors (Lipinski definition) is 3. The number of aromatic amines is 1. The number of fused-ring (bicyclic) bond motifs is 3. The molecule has 0 fully saturated rings. The Morgan fingerprint density at radius 2 is 2.17 bits per heavy atom. The van der Waals surface area contributed by atoms with Gasteiger partial charge in [0.2, 0.25) is 5.91 Å². The Balaban J connectivity index is 1.91. The second-order valence-corrected chi connectivity index (χ2v) is 5.79. The number of carbonyl (C=O) groups is 1. The number of nitrogens with two attached hydrogens (primary N) is 1. The summed E-state index contributed by atoms with van der Waals surface area (Å²) in [5.74, 6) is -0.0594. The molecule has 0 aliphatic carbocycles. The molecule has 0 unspecified atom stereocenters. The molecular weight excluding hydrogens is 306 g/mol. The number of carbonyl (C=O) groups excluding carboxylic acids is 1. The topological polar surface area (TPSA) is 106 Å². The average molecular weight is 327 g/mol. The number of aromatic nitrogens is 3. The van der Waals surface area contributed by atoms with Crippen LogP contribution in [0.1, 0.15) is 18.5 Å². The Bertz CT molecular complexity index is 941. The maximum absolute atomic E-state index is 12.9. The van der Waals surface area contributed by atoms with Crippen LogP contribution in [0.5, 0.6) is 0 Å². The van der Waals surface area contributed by atoms with Gasteiger partial charge in [-0.1, -0.05) is 18.2 Å². The number of H-pyrrole nitrogens is 1. The van der Waals surface area contributed by atoms with E-state index < -0.39 is 0 Å². The molecule has 126 valence electrons. The minimum Gasteiger partial charge on any atom is -0.356 e. The summed E-state index contributed by atoms with van der Waals surface area (Å²) >= 11 is 0. The van der Waals surface area contributed by atoms with Gasteiger partial charge >= 0.3 is 0 Å². The van der Waals surface area contributed by atoms with Crippen molar-refractivity contribution in [1.29, 1.82) is 0 Å². The van der Waals surface area contributed by atoms with Crippen molar-refractivity contribution < 1.29 is 4.79 Å². The first-order chi connectivity index (χ1) is 11.6. The van der Waals surface area contributed by atoms with Crippen LogP contribution in [0.25, 0.3) is 21.8 Å². The summed E-state index contributed by atoms with van der Waals surface area (Å²) in [5.41, 5.74) is 7.63. The van der Waals surface area contributed by atoms with Crippen LogP contribution in [0.3, 0.4) is 0 Å². The van der Waals surface area contributed by atoms with E-state index in [1.165, 1.54) is 0 Å². The van der Waals surface area contributed by atoms with E-state index in [0.29, 0.717) is 43.4 Å². The number of pyridine rings is 1. The number of benzene rings is 1. The van der Waals surface area contributed by atoms with Crippen molar-refractivity contribution in [3.63, 3.8) is 0 Å². The Morgan fingerprint density at radius 1 is 1.38 bits per heavy atom. The highest BCUT2D eigenvalue weighted by Crippen LogP contribution is 2.22. The molecule has 1 amide bonds. The average Bonchev–Trinajstić information content (AvgIpc) is 2.96. The third-order valence-electron chi connectivity index (χ3n) is 4.11. The van der Waals surface area contributed by atoms with Crippen molar-refractivity contribution in [2.45, 2.75) is 26.3 Å². The van der Waals surface area contributed by atoms with Crippen LogP contribution in [0.4, 0.5) is 0 Å². The lowest BCUT2D eigenvalue weighted by Gasteiger charge is -2.11. The van der Waals surface area contributed by atoms with Crippen molar-refractivity contribution >= 4 is 27.7 Å². The monoisotopic (exact) mass is 327 g/mol. The third-order valence-corrected chi connectivity index (χ3v) is 4.11. The van der Waals surface area contributed by atoms with E-state index in [0.717, 1.165) is 16.6 Å². The largest absolute Gasteiger partial charge is 0.356 e. The molecule has 1 aromatic carbocycles.